The highest BCUT2D eigenvalue weighted by Crippen LogP contribution is 2.33. The predicted molar refractivity (Wildman–Crippen MR) is 107 cm³/mol. The monoisotopic (exact) mass is 451 g/mol. The van der Waals surface area contributed by atoms with E-state index in [0.29, 0.717) is 11.1 Å². The van der Waals surface area contributed by atoms with Gasteiger partial charge in [-0.15, -0.1) is 0 Å². The maximum absolute atomic E-state index is 13.6. The lowest BCUT2D eigenvalue weighted by atomic mass is 9.96. The molecule has 1 aliphatic rings. The molecular formula is C20H22BrNO4S. The molecule has 7 heteroatoms. The largest absolute Gasteiger partial charge is 0.468 e. The van der Waals surface area contributed by atoms with E-state index >= 15 is 0 Å². The molecule has 1 heterocycles. The van der Waals surface area contributed by atoms with Gasteiger partial charge in [0.25, 0.3) is 0 Å². The molecule has 0 N–H and O–H groups in total. The van der Waals surface area contributed by atoms with Crippen LogP contribution in [-0.4, -0.2) is 31.8 Å². The fourth-order valence-corrected chi connectivity index (χ4v) is 6.19. The van der Waals surface area contributed by atoms with Crippen LogP contribution in [0.5, 0.6) is 0 Å². The Morgan fingerprint density at radius 1 is 1.11 bits per heavy atom. The second kappa shape index (κ2) is 7.37. The van der Waals surface area contributed by atoms with E-state index in [-0.39, 0.29) is 17.9 Å². The average Bonchev–Trinajstić information content (AvgIpc) is 2.58. The fraction of sp³-hybridized carbons (Fsp3) is 0.350. The Bertz CT molecular complexity index is 994. The minimum Gasteiger partial charge on any atom is -0.468 e. The molecule has 144 valence electrons. The number of carbonyl (C=O) groups excluding carboxylic acids is 1. The molecule has 2 aromatic carbocycles. The number of sulfonamides is 1. The second-order valence-electron chi connectivity index (χ2n) is 6.93. The van der Waals surface area contributed by atoms with Crippen molar-refractivity contribution in [2.75, 3.05) is 7.11 Å². The van der Waals surface area contributed by atoms with E-state index in [9.17, 15) is 13.2 Å². The number of fused-ring (bicyclic) bond motifs is 1. The molecule has 0 fully saturated rings. The van der Waals surface area contributed by atoms with Crippen molar-refractivity contribution in [1.29, 1.82) is 0 Å². The summed E-state index contributed by atoms with van der Waals surface area (Å²) in [7, 11) is -2.59. The first-order chi connectivity index (χ1) is 12.6. The summed E-state index contributed by atoms with van der Waals surface area (Å²) < 4.78 is 34.2. The number of benzene rings is 2. The minimum absolute atomic E-state index is 0.136. The summed E-state index contributed by atoms with van der Waals surface area (Å²) in [5, 5.41) is 0. The number of nitrogens with zero attached hydrogens (tertiary/aromatic N) is 1. The highest BCUT2D eigenvalue weighted by molar-refractivity contribution is 9.10. The van der Waals surface area contributed by atoms with Gasteiger partial charge in [-0.2, -0.15) is 4.31 Å². The zero-order chi connectivity index (χ0) is 19.9. The molecule has 0 bridgehead atoms. The van der Waals surface area contributed by atoms with E-state index in [1.807, 2.05) is 37.3 Å². The highest BCUT2D eigenvalue weighted by Gasteiger charge is 2.41. The molecule has 2 aromatic rings. The van der Waals surface area contributed by atoms with Crippen LogP contribution in [0.1, 0.15) is 27.8 Å². The van der Waals surface area contributed by atoms with Gasteiger partial charge >= 0.3 is 5.97 Å². The van der Waals surface area contributed by atoms with E-state index in [1.165, 1.54) is 11.4 Å². The van der Waals surface area contributed by atoms with Crippen LogP contribution in [0, 0.1) is 20.8 Å². The summed E-state index contributed by atoms with van der Waals surface area (Å²) in [6, 6.07) is 8.51. The molecule has 27 heavy (non-hydrogen) atoms. The van der Waals surface area contributed by atoms with Gasteiger partial charge in [-0.05, 0) is 55.2 Å². The maximum Gasteiger partial charge on any atom is 0.324 e. The number of carbonyl (C=O) groups is 1. The van der Waals surface area contributed by atoms with Gasteiger partial charge in [-0.3, -0.25) is 4.79 Å². The first-order valence-electron chi connectivity index (χ1n) is 8.60. The van der Waals surface area contributed by atoms with Gasteiger partial charge in [0.05, 0.1) is 12.0 Å². The number of rotatable bonds is 3. The molecule has 5 nitrogen and oxygen atoms in total. The Balaban J connectivity index is 2.15. The summed E-state index contributed by atoms with van der Waals surface area (Å²) in [5.41, 5.74) is 4.20. The summed E-state index contributed by atoms with van der Waals surface area (Å²) >= 11 is 3.43. The van der Waals surface area contributed by atoms with Crippen molar-refractivity contribution < 1.29 is 17.9 Å². The van der Waals surface area contributed by atoms with E-state index in [4.69, 9.17) is 4.74 Å². The van der Waals surface area contributed by atoms with Crippen molar-refractivity contribution in [3.8, 4) is 0 Å². The summed E-state index contributed by atoms with van der Waals surface area (Å²) in [5.74, 6) is -0.549. The van der Waals surface area contributed by atoms with Crippen molar-refractivity contribution in [3.63, 3.8) is 0 Å². The first-order valence-corrected chi connectivity index (χ1v) is 10.8. The third kappa shape index (κ3) is 3.68. The molecule has 0 aromatic heterocycles. The van der Waals surface area contributed by atoms with Crippen molar-refractivity contribution >= 4 is 31.9 Å². The molecular weight excluding hydrogens is 430 g/mol. The molecule has 1 aliphatic heterocycles. The van der Waals surface area contributed by atoms with Crippen LogP contribution in [0.3, 0.4) is 0 Å². The molecule has 0 saturated heterocycles. The molecule has 1 unspecified atom stereocenters. The molecule has 0 radical (unpaired) electrons. The number of hydrogen-bond acceptors (Lipinski definition) is 4. The maximum atomic E-state index is 13.6. The van der Waals surface area contributed by atoms with Gasteiger partial charge < -0.3 is 4.74 Å². The van der Waals surface area contributed by atoms with Gasteiger partial charge in [-0.1, -0.05) is 39.7 Å². The lowest BCUT2D eigenvalue weighted by molar-refractivity contribution is -0.145. The third-order valence-electron chi connectivity index (χ3n) is 4.90. The van der Waals surface area contributed by atoms with Gasteiger partial charge in [0.2, 0.25) is 10.0 Å². The van der Waals surface area contributed by atoms with Gasteiger partial charge in [0.1, 0.15) is 6.04 Å². The van der Waals surface area contributed by atoms with Crippen LogP contribution in [-0.2, 0) is 32.5 Å². The lowest BCUT2D eigenvalue weighted by Crippen LogP contribution is -2.49. The van der Waals surface area contributed by atoms with E-state index in [0.717, 1.165) is 21.2 Å². The van der Waals surface area contributed by atoms with Crippen LogP contribution < -0.4 is 0 Å². The van der Waals surface area contributed by atoms with Crippen molar-refractivity contribution in [3.05, 3.63) is 62.6 Å². The number of methoxy groups -OCH3 is 1. The number of hydrogen-bond donors (Lipinski definition) is 0. The number of halogens is 1. The Kier molecular flexibility index (Phi) is 5.47. The van der Waals surface area contributed by atoms with Gasteiger partial charge in [-0.25, -0.2) is 8.42 Å². The molecule has 3 rings (SSSR count). The standard InChI is InChI=1S/C20H22BrNO4S/c1-12-7-13(2)19(14(3)8-12)27(24,25)22-11-15-5-6-17(21)9-16(15)10-18(22)20(23)26-4/h5-9,18H,10-11H2,1-4H3. The van der Waals surface area contributed by atoms with Gasteiger partial charge in [0.15, 0.2) is 0 Å². The molecule has 0 aliphatic carbocycles. The average molecular weight is 452 g/mol. The van der Waals surface area contributed by atoms with E-state index in [2.05, 4.69) is 15.9 Å². The molecule has 1 atom stereocenters. The van der Waals surface area contributed by atoms with Crippen LogP contribution in [0.25, 0.3) is 0 Å². The summed E-state index contributed by atoms with van der Waals surface area (Å²) in [6.07, 6.45) is 0.282. The quantitative estimate of drug-likeness (QED) is 0.667. The van der Waals surface area contributed by atoms with E-state index in [1.54, 1.807) is 13.8 Å². The van der Waals surface area contributed by atoms with Gasteiger partial charge in [0, 0.05) is 17.4 Å². The Labute approximate surface area is 168 Å². The number of esters is 1. The lowest BCUT2D eigenvalue weighted by Gasteiger charge is -2.35. The molecule has 0 amide bonds. The Hall–Kier alpha value is -1.70. The number of aryl methyl sites for hydroxylation is 3. The predicted octanol–water partition coefficient (Wildman–Crippen LogP) is 3.66. The second-order valence-corrected chi connectivity index (χ2v) is 9.68. The van der Waals surface area contributed by atoms with Crippen LogP contribution in [0.2, 0.25) is 0 Å². The highest BCUT2D eigenvalue weighted by atomic mass is 79.9. The first kappa shape index (κ1) is 20.0. The van der Waals surface area contributed by atoms with Crippen LogP contribution >= 0.6 is 15.9 Å². The zero-order valence-corrected chi connectivity index (χ0v) is 18.1. The normalized spacial score (nSPS) is 17.4. The Morgan fingerprint density at radius 3 is 2.33 bits per heavy atom. The van der Waals surface area contributed by atoms with Crippen molar-refractivity contribution in [2.45, 2.75) is 44.7 Å². The fourth-order valence-electron chi connectivity index (χ4n) is 3.81. The van der Waals surface area contributed by atoms with Crippen LogP contribution in [0.15, 0.2) is 39.7 Å². The van der Waals surface area contributed by atoms with Crippen LogP contribution in [0.4, 0.5) is 0 Å². The Morgan fingerprint density at radius 2 is 1.74 bits per heavy atom. The topological polar surface area (TPSA) is 63.7 Å². The minimum atomic E-state index is -3.88. The van der Waals surface area contributed by atoms with E-state index < -0.39 is 22.0 Å². The summed E-state index contributed by atoms with van der Waals surface area (Å²) in [6.45, 7) is 5.64. The van der Waals surface area contributed by atoms with Crippen molar-refractivity contribution in [2.24, 2.45) is 0 Å². The summed E-state index contributed by atoms with van der Waals surface area (Å²) in [4.78, 5) is 12.7. The number of ether oxygens (including phenoxy) is 1. The smallest absolute Gasteiger partial charge is 0.324 e. The van der Waals surface area contributed by atoms with Crippen molar-refractivity contribution in [1.82, 2.24) is 4.31 Å². The third-order valence-corrected chi connectivity index (χ3v) is 7.55. The molecule has 0 saturated carbocycles. The zero-order valence-electron chi connectivity index (χ0n) is 15.7. The molecule has 0 spiro atoms. The SMILES string of the molecule is COC(=O)C1Cc2cc(Br)ccc2CN1S(=O)(=O)c1c(C)cc(C)cc1C.